The van der Waals surface area contributed by atoms with Gasteiger partial charge in [0, 0.05) is 11.4 Å². The van der Waals surface area contributed by atoms with Crippen LogP contribution >= 0.6 is 11.3 Å². The number of nitriles is 1. The van der Waals surface area contributed by atoms with Crippen molar-refractivity contribution in [2.45, 2.75) is 33.2 Å². The highest BCUT2D eigenvalue weighted by atomic mass is 32.1. The maximum absolute atomic E-state index is 12.5. The molecule has 4 heteroatoms. The first-order valence-electron chi connectivity index (χ1n) is 6.34. The van der Waals surface area contributed by atoms with Gasteiger partial charge in [0.15, 0.2) is 0 Å². The average Bonchev–Trinajstić information content (AvgIpc) is 2.83. The Labute approximate surface area is 112 Å². The SMILES string of the molecule is CCN(Cc1cccs1)C(=O)C1(C#N)CC(C)C1. The molecule has 1 fully saturated rings. The van der Waals surface area contributed by atoms with Crippen LogP contribution in [0, 0.1) is 22.7 Å². The Kier molecular flexibility index (Phi) is 3.72. The maximum atomic E-state index is 12.5. The van der Waals surface area contributed by atoms with Crippen LogP contribution in [0.25, 0.3) is 0 Å². The van der Waals surface area contributed by atoms with Crippen molar-refractivity contribution in [1.82, 2.24) is 4.90 Å². The fourth-order valence-electron chi connectivity index (χ4n) is 2.66. The molecule has 18 heavy (non-hydrogen) atoms. The molecule has 0 aromatic carbocycles. The van der Waals surface area contributed by atoms with E-state index in [1.807, 2.05) is 24.4 Å². The van der Waals surface area contributed by atoms with E-state index in [2.05, 4.69) is 13.0 Å². The summed E-state index contributed by atoms with van der Waals surface area (Å²) in [5, 5.41) is 11.3. The molecule has 3 nitrogen and oxygen atoms in total. The zero-order valence-electron chi connectivity index (χ0n) is 10.8. The minimum Gasteiger partial charge on any atom is -0.336 e. The summed E-state index contributed by atoms with van der Waals surface area (Å²) in [5.41, 5.74) is -0.743. The first-order valence-corrected chi connectivity index (χ1v) is 7.22. The number of carbonyl (C=O) groups excluding carboxylic acids is 1. The summed E-state index contributed by atoms with van der Waals surface area (Å²) in [6.45, 7) is 5.36. The molecule has 0 saturated heterocycles. The smallest absolute Gasteiger partial charge is 0.243 e. The highest BCUT2D eigenvalue weighted by Crippen LogP contribution is 2.46. The van der Waals surface area contributed by atoms with Crippen molar-refractivity contribution in [1.29, 1.82) is 5.26 Å². The normalized spacial score (nSPS) is 26.2. The van der Waals surface area contributed by atoms with Gasteiger partial charge in [-0.3, -0.25) is 4.79 Å². The molecule has 1 heterocycles. The molecular weight excluding hydrogens is 244 g/mol. The third kappa shape index (κ3) is 2.28. The predicted molar refractivity (Wildman–Crippen MR) is 71.9 cm³/mol. The molecule has 1 amide bonds. The van der Waals surface area contributed by atoms with E-state index in [1.54, 1.807) is 16.2 Å². The summed E-state index contributed by atoms with van der Waals surface area (Å²) in [5.74, 6) is 0.507. The van der Waals surface area contributed by atoms with Gasteiger partial charge < -0.3 is 4.90 Å². The van der Waals surface area contributed by atoms with Crippen molar-refractivity contribution >= 4 is 17.2 Å². The van der Waals surface area contributed by atoms with Crippen LogP contribution in [0.2, 0.25) is 0 Å². The summed E-state index contributed by atoms with van der Waals surface area (Å²) < 4.78 is 0. The number of nitrogens with zero attached hydrogens (tertiary/aromatic N) is 2. The minimum absolute atomic E-state index is 0.0130. The lowest BCUT2D eigenvalue weighted by Crippen LogP contribution is -2.49. The van der Waals surface area contributed by atoms with E-state index in [-0.39, 0.29) is 5.91 Å². The van der Waals surface area contributed by atoms with E-state index >= 15 is 0 Å². The molecule has 1 aromatic rings. The molecule has 1 aliphatic rings. The first-order chi connectivity index (χ1) is 8.61. The zero-order chi connectivity index (χ0) is 13.2. The Hall–Kier alpha value is -1.34. The summed E-state index contributed by atoms with van der Waals surface area (Å²) in [4.78, 5) is 15.5. The lowest BCUT2D eigenvalue weighted by molar-refractivity contribution is -0.145. The monoisotopic (exact) mass is 262 g/mol. The van der Waals surface area contributed by atoms with Crippen LogP contribution in [0.5, 0.6) is 0 Å². The molecule has 0 atom stereocenters. The fourth-order valence-corrected chi connectivity index (χ4v) is 3.38. The summed E-state index contributed by atoms with van der Waals surface area (Å²) in [6.07, 6.45) is 1.42. The van der Waals surface area contributed by atoms with Gasteiger partial charge >= 0.3 is 0 Å². The molecule has 0 aliphatic heterocycles. The average molecular weight is 262 g/mol. The fraction of sp³-hybridized carbons (Fsp3) is 0.571. The van der Waals surface area contributed by atoms with E-state index in [0.29, 0.717) is 31.8 Å². The third-order valence-electron chi connectivity index (χ3n) is 3.61. The second-order valence-corrected chi connectivity index (χ2v) is 6.14. The molecule has 0 bridgehead atoms. The number of thiophene rings is 1. The van der Waals surface area contributed by atoms with Crippen LogP contribution < -0.4 is 0 Å². The zero-order valence-corrected chi connectivity index (χ0v) is 11.7. The number of hydrogen-bond donors (Lipinski definition) is 0. The van der Waals surface area contributed by atoms with Gasteiger partial charge in [0.2, 0.25) is 5.91 Å². The topological polar surface area (TPSA) is 44.1 Å². The van der Waals surface area contributed by atoms with Crippen LogP contribution in [0.15, 0.2) is 17.5 Å². The van der Waals surface area contributed by atoms with Crippen molar-refractivity contribution in [3.05, 3.63) is 22.4 Å². The molecule has 2 rings (SSSR count). The number of carbonyl (C=O) groups is 1. The van der Waals surface area contributed by atoms with Crippen LogP contribution in [0.1, 0.15) is 31.6 Å². The second-order valence-electron chi connectivity index (χ2n) is 5.11. The van der Waals surface area contributed by atoms with Crippen molar-refractivity contribution in [3.63, 3.8) is 0 Å². The number of hydrogen-bond acceptors (Lipinski definition) is 3. The van der Waals surface area contributed by atoms with Gasteiger partial charge in [-0.05, 0) is 37.1 Å². The van der Waals surface area contributed by atoms with Gasteiger partial charge in [-0.25, -0.2) is 0 Å². The van der Waals surface area contributed by atoms with Gasteiger partial charge in [-0.1, -0.05) is 13.0 Å². The molecule has 1 aliphatic carbocycles. The lowest BCUT2D eigenvalue weighted by atomic mass is 9.62. The standard InChI is InChI=1S/C14H18N2OS/c1-3-16(9-12-5-4-6-18-12)13(17)14(10-15)7-11(2)8-14/h4-6,11H,3,7-9H2,1-2H3. The van der Waals surface area contributed by atoms with Crippen LogP contribution in [-0.2, 0) is 11.3 Å². The van der Waals surface area contributed by atoms with Crippen LogP contribution in [0.3, 0.4) is 0 Å². The maximum Gasteiger partial charge on any atom is 0.243 e. The van der Waals surface area contributed by atoms with E-state index in [1.165, 1.54) is 4.88 Å². The molecule has 0 radical (unpaired) electrons. The Morgan fingerprint density at radius 1 is 1.67 bits per heavy atom. The molecule has 96 valence electrons. The molecular formula is C14H18N2OS. The van der Waals surface area contributed by atoms with E-state index in [9.17, 15) is 10.1 Å². The number of rotatable bonds is 4. The summed E-state index contributed by atoms with van der Waals surface area (Å²) in [6, 6.07) is 6.27. The van der Waals surface area contributed by atoms with E-state index < -0.39 is 5.41 Å². The van der Waals surface area contributed by atoms with Gasteiger partial charge in [0.1, 0.15) is 5.41 Å². The van der Waals surface area contributed by atoms with Crippen molar-refractivity contribution in [2.24, 2.45) is 11.3 Å². The second kappa shape index (κ2) is 5.11. The molecule has 0 spiro atoms. The Bertz CT molecular complexity index is 455. The summed E-state index contributed by atoms with van der Waals surface area (Å²) >= 11 is 1.65. The van der Waals surface area contributed by atoms with Gasteiger partial charge in [-0.15, -0.1) is 11.3 Å². The van der Waals surface area contributed by atoms with Crippen LogP contribution in [0.4, 0.5) is 0 Å². The van der Waals surface area contributed by atoms with Crippen LogP contribution in [-0.4, -0.2) is 17.4 Å². The first kappa shape index (κ1) is 13.1. The largest absolute Gasteiger partial charge is 0.336 e. The predicted octanol–water partition coefficient (Wildman–Crippen LogP) is 3.04. The van der Waals surface area contributed by atoms with Gasteiger partial charge in [0.25, 0.3) is 0 Å². The molecule has 1 aromatic heterocycles. The van der Waals surface area contributed by atoms with Gasteiger partial charge in [-0.2, -0.15) is 5.26 Å². The summed E-state index contributed by atoms with van der Waals surface area (Å²) in [7, 11) is 0. The Morgan fingerprint density at radius 3 is 2.83 bits per heavy atom. The highest BCUT2D eigenvalue weighted by molar-refractivity contribution is 7.09. The third-order valence-corrected chi connectivity index (χ3v) is 4.47. The molecule has 0 unspecified atom stereocenters. The van der Waals surface area contributed by atoms with Crippen molar-refractivity contribution < 1.29 is 4.79 Å². The van der Waals surface area contributed by atoms with Gasteiger partial charge in [0.05, 0.1) is 12.6 Å². The molecule has 0 N–H and O–H groups in total. The highest BCUT2D eigenvalue weighted by Gasteiger charge is 2.50. The van der Waals surface area contributed by atoms with Crippen molar-refractivity contribution in [3.8, 4) is 6.07 Å². The molecule has 1 saturated carbocycles. The minimum atomic E-state index is -0.743. The van der Waals surface area contributed by atoms with Crippen molar-refractivity contribution in [2.75, 3.05) is 6.54 Å². The lowest BCUT2D eigenvalue weighted by Gasteiger charge is -2.42. The number of amides is 1. The van der Waals surface area contributed by atoms with E-state index in [4.69, 9.17) is 0 Å². The Balaban J connectivity index is 2.08. The van der Waals surface area contributed by atoms with E-state index in [0.717, 1.165) is 0 Å². The Morgan fingerprint density at radius 2 is 2.39 bits per heavy atom. The quantitative estimate of drug-likeness (QED) is 0.837.